The third-order valence-electron chi connectivity index (χ3n) is 2.41. The fourth-order valence-corrected chi connectivity index (χ4v) is 1.52. The van der Waals surface area contributed by atoms with E-state index in [0.717, 1.165) is 5.56 Å². The number of anilines is 1. The Bertz CT molecular complexity index is 645. The highest BCUT2D eigenvalue weighted by Gasteiger charge is 2.06. The zero-order valence-corrected chi connectivity index (χ0v) is 10.7. The van der Waals surface area contributed by atoms with Gasteiger partial charge in [0.2, 0.25) is 0 Å². The number of aliphatic hydroxyl groups excluding tert-OH is 1. The molecule has 1 amide bonds. The minimum Gasteiger partial charge on any atom is -0.395 e. The van der Waals surface area contributed by atoms with Gasteiger partial charge in [-0.05, 0) is 30.3 Å². The van der Waals surface area contributed by atoms with Crippen LogP contribution in [0, 0.1) is 11.8 Å². The molecule has 0 saturated heterocycles. The van der Waals surface area contributed by atoms with E-state index in [1.54, 1.807) is 30.3 Å². The van der Waals surface area contributed by atoms with Gasteiger partial charge < -0.3 is 10.4 Å². The summed E-state index contributed by atoms with van der Waals surface area (Å²) in [5.74, 6) is 5.83. The topological polar surface area (TPSA) is 75.1 Å². The van der Waals surface area contributed by atoms with Gasteiger partial charge in [0, 0.05) is 23.7 Å². The quantitative estimate of drug-likeness (QED) is 0.826. The molecule has 1 aromatic heterocycles. The molecule has 0 spiro atoms. The summed E-state index contributed by atoms with van der Waals surface area (Å²) in [5, 5.41) is 18.8. The first-order chi connectivity index (χ1) is 9.79. The molecular formula is C15H13N3O2. The average Bonchev–Trinajstić information content (AvgIpc) is 2.49. The summed E-state index contributed by atoms with van der Waals surface area (Å²) in [6.07, 6.45) is 1.95. The van der Waals surface area contributed by atoms with Crippen LogP contribution in [0.2, 0.25) is 0 Å². The van der Waals surface area contributed by atoms with Gasteiger partial charge in [-0.3, -0.25) is 4.79 Å². The highest BCUT2D eigenvalue weighted by atomic mass is 16.2. The molecule has 0 atom stereocenters. The first-order valence-electron chi connectivity index (χ1n) is 6.08. The van der Waals surface area contributed by atoms with Crippen molar-refractivity contribution in [2.45, 2.75) is 6.42 Å². The molecule has 0 bridgehead atoms. The Kier molecular flexibility index (Phi) is 4.81. The van der Waals surface area contributed by atoms with Crippen LogP contribution >= 0.6 is 0 Å². The van der Waals surface area contributed by atoms with Crippen LogP contribution in [-0.2, 0) is 0 Å². The molecular weight excluding hydrogens is 254 g/mol. The van der Waals surface area contributed by atoms with Crippen molar-refractivity contribution in [2.75, 3.05) is 11.9 Å². The number of aliphatic hydroxyl groups is 1. The highest BCUT2D eigenvalue weighted by molar-refractivity contribution is 6.03. The van der Waals surface area contributed by atoms with Gasteiger partial charge in [0.1, 0.15) is 0 Å². The summed E-state index contributed by atoms with van der Waals surface area (Å²) in [6, 6.07) is 10.3. The second-order valence-electron chi connectivity index (χ2n) is 3.92. The second-order valence-corrected chi connectivity index (χ2v) is 3.92. The molecule has 0 radical (unpaired) electrons. The summed E-state index contributed by atoms with van der Waals surface area (Å²) in [5.41, 5.74) is 1.22. The van der Waals surface area contributed by atoms with E-state index in [4.69, 9.17) is 5.11 Å². The molecule has 0 aliphatic rings. The molecule has 5 heteroatoms. The van der Waals surface area contributed by atoms with Gasteiger partial charge in [-0.25, -0.2) is 0 Å². The molecule has 0 fully saturated rings. The average molecular weight is 267 g/mol. The molecule has 5 nitrogen and oxygen atoms in total. The van der Waals surface area contributed by atoms with Crippen molar-refractivity contribution in [2.24, 2.45) is 0 Å². The third kappa shape index (κ3) is 3.90. The molecule has 20 heavy (non-hydrogen) atoms. The summed E-state index contributed by atoms with van der Waals surface area (Å²) < 4.78 is 0. The predicted octanol–water partition coefficient (Wildman–Crippen LogP) is 1.46. The lowest BCUT2D eigenvalue weighted by Crippen LogP contribution is -2.13. The standard InChI is InChI=1S/C15H13N3O2/c19-10-2-1-5-12-6-3-7-13(11-12)15(20)17-14-8-4-9-16-18-14/h3-4,6-9,11,19H,2,10H2,(H,17,18,20). The molecule has 0 unspecified atom stereocenters. The van der Waals surface area contributed by atoms with Crippen molar-refractivity contribution in [3.05, 3.63) is 53.7 Å². The molecule has 2 N–H and O–H groups in total. The van der Waals surface area contributed by atoms with Gasteiger partial charge in [-0.2, -0.15) is 5.10 Å². The predicted molar refractivity (Wildman–Crippen MR) is 75.0 cm³/mol. The molecule has 0 aliphatic heterocycles. The maximum Gasteiger partial charge on any atom is 0.256 e. The first kappa shape index (κ1) is 13.7. The van der Waals surface area contributed by atoms with Gasteiger partial charge in [0.25, 0.3) is 5.91 Å². The minimum atomic E-state index is -0.267. The number of carbonyl (C=O) groups excluding carboxylic acids is 1. The number of nitrogens with one attached hydrogen (secondary N) is 1. The van der Waals surface area contributed by atoms with Crippen LogP contribution in [-0.4, -0.2) is 27.8 Å². The third-order valence-corrected chi connectivity index (χ3v) is 2.41. The Hall–Kier alpha value is -2.71. The van der Waals surface area contributed by atoms with Crippen molar-refractivity contribution in [1.82, 2.24) is 10.2 Å². The lowest BCUT2D eigenvalue weighted by Gasteiger charge is -2.03. The minimum absolute atomic E-state index is 0.0276. The zero-order chi connectivity index (χ0) is 14.2. The van der Waals surface area contributed by atoms with Gasteiger partial charge >= 0.3 is 0 Å². The fourth-order valence-electron chi connectivity index (χ4n) is 1.52. The van der Waals surface area contributed by atoms with Crippen LogP contribution in [0.3, 0.4) is 0 Å². The highest BCUT2D eigenvalue weighted by Crippen LogP contribution is 2.07. The number of nitrogens with zero attached hydrogens (tertiary/aromatic N) is 2. The van der Waals surface area contributed by atoms with Crippen LogP contribution in [0.4, 0.5) is 5.82 Å². The summed E-state index contributed by atoms with van der Waals surface area (Å²) >= 11 is 0. The monoisotopic (exact) mass is 267 g/mol. The van der Waals surface area contributed by atoms with E-state index in [-0.39, 0.29) is 12.5 Å². The largest absolute Gasteiger partial charge is 0.395 e. The van der Waals surface area contributed by atoms with Crippen molar-refractivity contribution in [3.63, 3.8) is 0 Å². The van der Waals surface area contributed by atoms with Gasteiger partial charge in [-0.15, -0.1) is 5.10 Å². The summed E-state index contributed by atoms with van der Waals surface area (Å²) in [6.45, 7) is 0.0276. The van der Waals surface area contributed by atoms with Gasteiger partial charge in [0.05, 0.1) is 6.61 Å². The lowest BCUT2D eigenvalue weighted by molar-refractivity contribution is 0.102. The molecule has 100 valence electrons. The van der Waals surface area contributed by atoms with E-state index in [9.17, 15) is 4.79 Å². The van der Waals surface area contributed by atoms with E-state index < -0.39 is 0 Å². The molecule has 1 heterocycles. The molecule has 0 saturated carbocycles. The van der Waals surface area contributed by atoms with Crippen LogP contribution in [0.5, 0.6) is 0 Å². The molecule has 1 aromatic carbocycles. The molecule has 0 aliphatic carbocycles. The van der Waals surface area contributed by atoms with E-state index in [2.05, 4.69) is 27.4 Å². The SMILES string of the molecule is O=C(Nc1cccnn1)c1cccc(C#CCCO)c1. The first-order valence-corrected chi connectivity index (χ1v) is 6.08. The van der Waals surface area contributed by atoms with Crippen molar-refractivity contribution < 1.29 is 9.90 Å². The van der Waals surface area contributed by atoms with Crippen LogP contribution in [0.25, 0.3) is 0 Å². The van der Waals surface area contributed by atoms with Crippen molar-refractivity contribution in [1.29, 1.82) is 0 Å². The smallest absolute Gasteiger partial charge is 0.256 e. The van der Waals surface area contributed by atoms with E-state index in [1.807, 2.05) is 6.07 Å². The van der Waals surface area contributed by atoms with E-state index >= 15 is 0 Å². The maximum absolute atomic E-state index is 12.0. The van der Waals surface area contributed by atoms with Crippen molar-refractivity contribution >= 4 is 11.7 Å². The number of hydrogen-bond donors (Lipinski definition) is 2. The van der Waals surface area contributed by atoms with E-state index in [0.29, 0.717) is 17.8 Å². The zero-order valence-electron chi connectivity index (χ0n) is 10.7. The van der Waals surface area contributed by atoms with E-state index in [1.165, 1.54) is 6.20 Å². The molecule has 2 rings (SSSR count). The fraction of sp³-hybridized carbons (Fsp3) is 0.133. The van der Waals surface area contributed by atoms with Crippen LogP contribution < -0.4 is 5.32 Å². The normalized spacial score (nSPS) is 9.45. The Morgan fingerprint density at radius 1 is 1.30 bits per heavy atom. The van der Waals surface area contributed by atoms with Gasteiger partial charge in [-0.1, -0.05) is 17.9 Å². The number of rotatable bonds is 3. The number of aromatic nitrogens is 2. The Morgan fingerprint density at radius 2 is 2.20 bits per heavy atom. The summed E-state index contributed by atoms with van der Waals surface area (Å²) in [4.78, 5) is 12.0. The van der Waals surface area contributed by atoms with Crippen LogP contribution in [0.15, 0.2) is 42.6 Å². The van der Waals surface area contributed by atoms with Gasteiger partial charge in [0.15, 0.2) is 5.82 Å². The Labute approximate surface area is 116 Å². The molecule has 2 aromatic rings. The Morgan fingerprint density at radius 3 is 2.95 bits per heavy atom. The van der Waals surface area contributed by atoms with Crippen LogP contribution in [0.1, 0.15) is 22.3 Å². The number of carbonyl (C=O) groups is 1. The number of hydrogen-bond acceptors (Lipinski definition) is 4. The maximum atomic E-state index is 12.0. The number of benzene rings is 1. The lowest BCUT2D eigenvalue weighted by atomic mass is 10.1. The Balaban J connectivity index is 2.11. The number of amides is 1. The second kappa shape index (κ2) is 7.02. The summed E-state index contributed by atoms with van der Waals surface area (Å²) in [7, 11) is 0. The van der Waals surface area contributed by atoms with Crippen molar-refractivity contribution in [3.8, 4) is 11.8 Å².